The van der Waals surface area contributed by atoms with Crippen LogP contribution in [0.4, 0.5) is 0 Å². The molecule has 1 amide bonds. The molecule has 0 aliphatic carbocycles. The van der Waals surface area contributed by atoms with Gasteiger partial charge >= 0.3 is 0 Å². The number of halogens is 3. The number of hydrogen-bond donors (Lipinski definition) is 1. The highest BCUT2D eigenvalue weighted by Gasteiger charge is 2.18. The molecule has 0 spiro atoms. The molecule has 1 heterocycles. The molecule has 3 rings (SSSR count). The van der Waals surface area contributed by atoms with E-state index in [2.05, 4.69) is 25.2 Å². The Hall–Kier alpha value is -1.52. The monoisotopic (exact) mass is 493 g/mol. The van der Waals surface area contributed by atoms with Crippen LogP contribution in [0.5, 0.6) is 0 Å². The SMILES string of the molecule is CCCCC(CC)C(=O)NCc1cc(-c2ccc(Cl)cc2)c(-c2ccc(Cl)cc2Cl)s1. The summed E-state index contributed by atoms with van der Waals surface area (Å²) in [4.78, 5) is 14.8. The van der Waals surface area contributed by atoms with Crippen LogP contribution in [0.25, 0.3) is 21.6 Å². The highest BCUT2D eigenvalue weighted by Crippen LogP contribution is 2.43. The first-order valence-electron chi connectivity index (χ1n) is 10.5. The molecule has 0 aliphatic heterocycles. The molecule has 164 valence electrons. The van der Waals surface area contributed by atoms with E-state index in [1.165, 1.54) is 0 Å². The molecule has 0 bridgehead atoms. The zero-order valence-electron chi connectivity index (χ0n) is 17.7. The predicted molar refractivity (Wildman–Crippen MR) is 135 cm³/mol. The summed E-state index contributed by atoms with van der Waals surface area (Å²) >= 11 is 20.4. The Labute approximate surface area is 203 Å². The normalized spacial score (nSPS) is 12.0. The van der Waals surface area contributed by atoms with Crippen LogP contribution >= 0.6 is 46.1 Å². The molecule has 2 aromatic carbocycles. The molecule has 0 saturated heterocycles. The standard InChI is InChI=1S/C25H26Cl3NOS/c1-3-5-6-16(4-2)25(30)29-15-20-14-22(17-7-9-18(26)10-8-17)24(31-20)21-12-11-19(27)13-23(21)28/h7-14,16H,3-6,15H2,1-2H3,(H,29,30). The van der Waals surface area contributed by atoms with Crippen molar-refractivity contribution >= 4 is 52.0 Å². The second kappa shape index (κ2) is 11.4. The first-order chi connectivity index (χ1) is 14.9. The van der Waals surface area contributed by atoms with E-state index in [4.69, 9.17) is 34.8 Å². The van der Waals surface area contributed by atoms with Gasteiger partial charge in [0.2, 0.25) is 5.91 Å². The number of rotatable bonds is 9. The zero-order valence-corrected chi connectivity index (χ0v) is 20.8. The molecule has 0 fully saturated rings. The molecule has 0 radical (unpaired) electrons. The molecule has 1 unspecified atom stereocenters. The largest absolute Gasteiger partial charge is 0.351 e. The second-order valence-electron chi connectivity index (χ2n) is 7.55. The molecule has 1 atom stereocenters. The summed E-state index contributed by atoms with van der Waals surface area (Å²) < 4.78 is 0. The molecular formula is C25H26Cl3NOS. The second-order valence-corrected chi connectivity index (χ2v) is 9.97. The van der Waals surface area contributed by atoms with Gasteiger partial charge in [-0.05, 0) is 48.7 Å². The number of thiophene rings is 1. The minimum atomic E-state index is 0.0702. The average Bonchev–Trinajstić information content (AvgIpc) is 3.17. The highest BCUT2D eigenvalue weighted by molar-refractivity contribution is 7.16. The third-order valence-corrected chi connectivity index (χ3v) is 7.29. The third-order valence-electron chi connectivity index (χ3n) is 5.32. The molecule has 0 aliphatic rings. The van der Waals surface area contributed by atoms with Crippen molar-refractivity contribution in [3.05, 3.63) is 68.5 Å². The molecule has 31 heavy (non-hydrogen) atoms. The Balaban J connectivity index is 1.90. The van der Waals surface area contributed by atoms with Gasteiger partial charge in [-0.25, -0.2) is 0 Å². The van der Waals surface area contributed by atoms with E-state index < -0.39 is 0 Å². The lowest BCUT2D eigenvalue weighted by molar-refractivity contribution is -0.125. The number of carbonyl (C=O) groups excluding carboxylic acids is 1. The van der Waals surface area contributed by atoms with Crippen LogP contribution in [0.3, 0.4) is 0 Å². The van der Waals surface area contributed by atoms with E-state index in [1.54, 1.807) is 17.4 Å². The summed E-state index contributed by atoms with van der Waals surface area (Å²) in [6.45, 7) is 4.72. The van der Waals surface area contributed by atoms with Gasteiger partial charge in [-0.15, -0.1) is 11.3 Å². The van der Waals surface area contributed by atoms with Crippen molar-refractivity contribution in [3.8, 4) is 21.6 Å². The number of benzene rings is 2. The number of carbonyl (C=O) groups is 1. The van der Waals surface area contributed by atoms with Gasteiger partial charge in [-0.3, -0.25) is 4.79 Å². The molecular weight excluding hydrogens is 469 g/mol. The van der Waals surface area contributed by atoms with E-state index in [-0.39, 0.29) is 11.8 Å². The lowest BCUT2D eigenvalue weighted by atomic mass is 9.98. The maximum atomic E-state index is 12.7. The fourth-order valence-electron chi connectivity index (χ4n) is 3.54. The smallest absolute Gasteiger partial charge is 0.223 e. The van der Waals surface area contributed by atoms with Gasteiger partial charge in [0, 0.05) is 36.8 Å². The number of hydrogen-bond acceptors (Lipinski definition) is 2. The van der Waals surface area contributed by atoms with Gasteiger partial charge in [0.1, 0.15) is 0 Å². The molecule has 3 aromatic rings. The Morgan fingerprint density at radius 2 is 1.68 bits per heavy atom. The van der Waals surface area contributed by atoms with Crippen LogP contribution < -0.4 is 5.32 Å². The fraction of sp³-hybridized carbons (Fsp3) is 0.320. The summed E-state index contributed by atoms with van der Waals surface area (Å²) in [6.07, 6.45) is 3.97. The predicted octanol–water partition coefficient (Wildman–Crippen LogP) is 8.87. The van der Waals surface area contributed by atoms with Crippen LogP contribution in [0.1, 0.15) is 44.4 Å². The summed E-state index contributed by atoms with van der Waals surface area (Å²) in [5.74, 6) is 0.198. The van der Waals surface area contributed by atoms with Crippen molar-refractivity contribution < 1.29 is 4.79 Å². The van der Waals surface area contributed by atoms with E-state index in [9.17, 15) is 4.79 Å². The van der Waals surface area contributed by atoms with Crippen molar-refractivity contribution in [2.45, 2.75) is 46.1 Å². The van der Waals surface area contributed by atoms with Gasteiger partial charge in [0.25, 0.3) is 0 Å². The van der Waals surface area contributed by atoms with Crippen LogP contribution in [0.15, 0.2) is 48.5 Å². The fourth-order valence-corrected chi connectivity index (χ4v) is 5.38. The van der Waals surface area contributed by atoms with Crippen LogP contribution in [0.2, 0.25) is 15.1 Å². The molecule has 6 heteroatoms. The highest BCUT2D eigenvalue weighted by atomic mass is 35.5. The first-order valence-corrected chi connectivity index (χ1v) is 12.5. The molecule has 2 nitrogen and oxygen atoms in total. The minimum absolute atomic E-state index is 0.0702. The lowest BCUT2D eigenvalue weighted by Gasteiger charge is -2.14. The number of nitrogens with one attached hydrogen (secondary N) is 1. The summed E-state index contributed by atoms with van der Waals surface area (Å²) in [7, 11) is 0. The maximum Gasteiger partial charge on any atom is 0.223 e. The summed E-state index contributed by atoms with van der Waals surface area (Å²) in [5.41, 5.74) is 3.04. The van der Waals surface area contributed by atoms with Gasteiger partial charge in [-0.2, -0.15) is 0 Å². The van der Waals surface area contributed by atoms with Crippen LogP contribution in [-0.2, 0) is 11.3 Å². The van der Waals surface area contributed by atoms with E-state index in [0.29, 0.717) is 21.6 Å². The van der Waals surface area contributed by atoms with E-state index >= 15 is 0 Å². The molecule has 1 aromatic heterocycles. The lowest BCUT2D eigenvalue weighted by Crippen LogP contribution is -2.29. The van der Waals surface area contributed by atoms with Crippen molar-refractivity contribution in [1.82, 2.24) is 5.32 Å². The summed E-state index contributed by atoms with van der Waals surface area (Å²) in [5, 5.41) is 5.02. The zero-order chi connectivity index (χ0) is 22.4. The number of unbranched alkanes of at least 4 members (excludes halogenated alkanes) is 1. The average molecular weight is 495 g/mol. The Morgan fingerprint density at radius 3 is 2.32 bits per heavy atom. The third kappa shape index (κ3) is 6.26. The van der Waals surface area contributed by atoms with Gasteiger partial charge < -0.3 is 5.32 Å². The minimum Gasteiger partial charge on any atom is -0.351 e. The van der Waals surface area contributed by atoms with Crippen LogP contribution in [0, 0.1) is 5.92 Å². The Bertz CT molecular complexity index is 1030. The van der Waals surface area contributed by atoms with Crippen LogP contribution in [-0.4, -0.2) is 5.91 Å². The topological polar surface area (TPSA) is 29.1 Å². The molecule has 1 N–H and O–H groups in total. The van der Waals surface area contributed by atoms with Crippen molar-refractivity contribution in [2.75, 3.05) is 0 Å². The maximum absolute atomic E-state index is 12.7. The Morgan fingerprint density at radius 1 is 0.968 bits per heavy atom. The van der Waals surface area contributed by atoms with Crippen molar-refractivity contribution in [2.24, 2.45) is 5.92 Å². The van der Waals surface area contributed by atoms with Crippen molar-refractivity contribution in [3.63, 3.8) is 0 Å². The van der Waals surface area contributed by atoms with Crippen molar-refractivity contribution in [1.29, 1.82) is 0 Å². The van der Waals surface area contributed by atoms with E-state index in [1.807, 2.05) is 36.4 Å². The molecule has 0 saturated carbocycles. The number of amides is 1. The van der Waals surface area contributed by atoms with E-state index in [0.717, 1.165) is 52.1 Å². The first kappa shape index (κ1) is 24.1. The van der Waals surface area contributed by atoms with Gasteiger partial charge in [0.15, 0.2) is 0 Å². The Kier molecular flexibility index (Phi) is 8.85. The van der Waals surface area contributed by atoms with Gasteiger partial charge in [0.05, 0.1) is 11.6 Å². The quantitative estimate of drug-likeness (QED) is 0.316. The summed E-state index contributed by atoms with van der Waals surface area (Å²) in [6, 6.07) is 15.4. The van der Waals surface area contributed by atoms with Gasteiger partial charge in [-0.1, -0.05) is 79.7 Å².